The van der Waals surface area contributed by atoms with Gasteiger partial charge in [-0.3, -0.25) is 4.90 Å². The molecule has 2 aliphatic rings. The summed E-state index contributed by atoms with van der Waals surface area (Å²) in [4.78, 5) is 16.3. The van der Waals surface area contributed by atoms with E-state index in [1.807, 2.05) is 19.1 Å². The Labute approximate surface area is 120 Å². The van der Waals surface area contributed by atoms with Gasteiger partial charge >= 0.3 is 5.97 Å². The molecule has 0 amide bonds. The Balaban J connectivity index is 1.91. The minimum atomic E-state index is -0.826. The number of rotatable bonds is 2. The molecular formula is C16H22N2O2. The summed E-state index contributed by atoms with van der Waals surface area (Å²) in [5.74, 6) is -0.826. The van der Waals surface area contributed by atoms with E-state index in [4.69, 9.17) is 0 Å². The predicted octanol–water partition coefficient (Wildman–Crippen LogP) is 2.37. The number of aromatic carboxylic acids is 1. The van der Waals surface area contributed by atoms with Gasteiger partial charge in [-0.15, -0.1) is 0 Å². The van der Waals surface area contributed by atoms with Crippen molar-refractivity contribution in [1.29, 1.82) is 0 Å². The fourth-order valence-corrected chi connectivity index (χ4v) is 3.51. The number of hydrogen-bond donors (Lipinski definition) is 1. The first-order valence-corrected chi connectivity index (χ1v) is 7.48. The standard InChI is InChI=1S/C16H22N2O2/c1-12-5-6-14(16(19)20)15(10-12)18-9-3-8-17-7-2-4-13(17)11-18/h5-6,10,13H,2-4,7-9,11H2,1H3,(H,19,20). The summed E-state index contributed by atoms with van der Waals surface area (Å²) in [5.41, 5.74) is 2.45. The first-order valence-electron chi connectivity index (χ1n) is 7.48. The minimum Gasteiger partial charge on any atom is -0.478 e. The number of benzene rings is 1. The average Bonchev–Trinajstić information content (AvgIpc) is 2.75. The Kier molecular flexibility index (Phi) is 3.66. The summed E-state index contributed by atoms with van der Waals surface area (Å²) in [5, 5.41) is 9.41. The molecule has 3 rings (SSSR count). The van der Waals surface area contributed by atoms with Crippen molar-refractivity contribution in [3.05, 3.63) is 29.3 Å². The molecule has 1 aromatic carbocycles. The van der Waals surface area contributed by atoms with E-state index in [0.717, 1.165) is 37.3 Å². The molecular weight excluding hydrogens is 252 g/mol. The Morgan fingerprint density at radius 2 is 2.05 bits per heavy atom. The number of fused-ring (bicyclic) bond motifs is 1. The molecule has 108 valence electrons. The van der Waals surface area contributed by atoms with Gasteiger partial charge in [-0.05, 0) is 50.4 Å². The summed E-state index contributed by atoms with van der Waals surface area (Å²) in [7, 11) is 0. The van der Waals surface area contributed by atoms with Crippen LogP contribution in [0.15, 0.2) is 18.2 Å². The molecule has 0 saturated carbocycles. The zero-order valence-corrected chi connectivity index (χ0v) is 12.0. The van der Waals surface area contributed by atoms with Crippen molar-refractivity contribution in [3.63, 3.8) is 0 Å². The van der Waals surface area contributed by atoms with Crippen molar-refractivity contribution < 1.29 is 9.90 Å². The van der Waals surface area contributed by atoms with Crippen molar-refractivity contribution in [2.75, 3.05) is 31.1 Å². The molecule has 1 aromatic rings. The number of nitrogens with zero attached hydrogens (tertiary/aromatic N) is 2. The minimum absolute atomic E-state index is 0.432. The van der Waals surface area contributed by atoms with Crippen LogP contribution in [0.25, 0.3) is 0 Å². The predicted molar refractivity (Wildman–Crippen MR) is 79.6 cm³/mol. The lowest BCUT2D eigenvalue weighted by Crippen LogP contribution is -2.37. The number of hydrogen-bond acceptors (Lipinski definition) is 3. The van der Waals surface area contributed by atoms with Gasteiger partial charge in [-0.1, -0.05) is 6.07 Å². The molecule has 0 aromatic heterocycles. The van der Waals surface area contributed by atoms with Gasteiger partial charge < -0.3 is 10.0 Å². The average molecular weight is 274 g/mol. The van der Waals surface area contributed by atoms with Crippen LogP contribution < -0.4 is 4.90 Å². The number of carbonyl (C=O) groups is 1. The van der Waals surface area contributed by atoms with Crippen molar-refractivity contribution in [2.24, 2.45) is 0 Å². The number of aryl methyl sites for hydroxylation is 1. The quantitative estimate of drug-likeness (QED) is 0.899. The zero-order valence-electron chi connectivity index (χ0n) is 12.0. The van der Waals surface area contributed by atoms with E-state index in [0.29, 0.717) is 11.6 Å². The van der Waals surface area contributed by atoms with Gasteiger partial charge in [0, 0.05) is 25.7 Å². The zero-order chi connectivity index (χ0) is 14.1. The SMILES string of the molecule is Cc1ccc(C(=O)O)c(N2CCCN3CCCC3C2)c1. The highest BCUT2D eigenvalue weighted by Crippen LogP contribution is 2.28. The van der Waals surface area contributed by atoms with Crippen LogP contribution in [0.3, 0.4) is 0 Å². The van der Waals surface area contributed by atoms with Crippen LogP contribution in [0.2, 0.25) is 0 Å². The molecule has 2 aliphatic heterocycles. The van der Waals surface area contributed by atoms with Crippen molar-refractivity contribution in [3.8, 4) is 0 Å². The molecule has 1 atom stereocenters. The summed E-state index contributed by atoms with van der Waals surface area (Å²) < 4.78 is 0. The van der Waals surface area contributed by atoms with Crippen LogP contribution in [0.5, 0.6) is 0 Å². The molecule has 1 unspecified atom stereocenters. The highest BCUT2D eigenvalue weighted by atomic mass is 16.4. The Bertz CT molecular complexity index is 515. The van der Waals surface area contributed by atoms with Crippen molar-refractivity contribution >= 4 is 11.7 Å². The fraction of sp³-hybridized carbons (Fsp3) is 0.562. The maximum atomic E-state index is 11.5. The molecule has 0 radical (unpaired) electrons. The van der Waals surface area contributed by atoms with Crippen LogP contribution in [0.4, 0.5) is 5.69 Å². The lowest BCUT2D eigenvalue weighted by molar-refractivity contribution is 0.0697. The van der Waals surface area contributed by atoms with Crippen LogP contribution in [0.1, 0.15) is 35.2 Å². The smallest absolute Gasteiger partial charge is 0.337 e. The van der Waals surface area contributed by atoms with E-state index >= 15 is 0 Å². The van der Waals surface area contributed by atoms with Gasteiger partial charge in [0.25, 0.3) is 0 Å². The molecule has 4 nitrogen and oxygen atoms in total. The third-order valence-electron chi connectivity index (χ3n) is 4.53. The third kappa shape index (κ3) is 2.52. The third-order valence-corrected chi connectivity index (χ3v) is 4.53. The van der Waals surface area contributed by atoms with E-state index in [1.165, 1.54) is 19.4 Å². The molecule has 0 bridgehead atoms. The van der Waals surface area contributed by atoms with E-state index in [1.54, 1.807) is 6.07 Å². The first kappa shape index (κ1) is 13.4. The van der Waals surface area contributed by atoms with E-state index in [2.05, 4.69) is 9.80 Å². The van der Waals surface area contributed by atoms with E-state index < -0.39 is 5.97 Å². The van der Waals surface area contributed by atoms with Crippen LogP contribution in [-0.4, -0.2) is 48.2 Å². The second kappa shape index (κ2) is 5.44. The highest BCUT2D eigenvalue weighted by molar-refractivity contribution is 5.94. The molecule has 4 heteroatoms. The maximum Gasteiger partial charge on any atom is 0.337 e. The summed E-state index contributed by atoms with van der Waals surface area (Å²) in [6.45, 7) is 6.29. The molecule has 2 heterocycles. The highest BCUT2D eigenvalue weighted by Gasteiger charge is 2.30. The largest absolute Gasteiger partial charge is 0.478 e. The molecule has 0 spiro atoms. The molecule has 0 aliphatic carbocycles. The molecule has 2 saturated heterocycles. The lowest BCUT2D eigenvalue weighted by Gasteiger charge is -2.28. The summed E-state index contributed by atoms with van der Waals surface area (Å²) in [6, 6.07) is 6.24. The van der Waals surface area contributed by atoms with E-state index in [-0.39, 0.29) is 0 Å². The molecule has 1 N–H and O–H groups in total. The monoisotopic (exact) mass is 274 g/mol. The second-order valence-corrected chi connectivity index (χ2v) is 5.96. The topological polar surface area (TPSA) is 43.8 Å². The van der Waals surface area contributed by atoms with E-state index in [9.17, 15) is 9.90 Å². The Morgan fingerprint density at radius 3 is 2.85 bits per heavy atom. The Morgan fingerprint density at radius 1 is 1.25 bits per heavy atom. The second-order valence-electron chi connectivity index (χ2n) is 5.96. The van der Waals surface area contributed by atoms with Gasteiger partial charge in [-0.25, -0.2) is 4.79 Å². The number of carboxylic acid groups (broad SMARTS) is 1. The Hall–Kier alpha value is -1.55. The van der Waals surface area contributed by atoms with Crippen LogP contribution in [0, 0.1) is 6.92 Å². The van der Waals surface area contributed by atoms with Gasteiger partial charge in [-0.2, -0.15) is 0 Å². The van der Waals surface area contributed by atoms with Crippen LogP contribution >= 0.6 is 0 Å². The van der Waals surface area contributed by atoms with Gasteiger partial charge in [0.15, 0.2) is 0 Å². The maximum absolute atomic E-state index is 11.5. The lowest BCUT2D eigenvalue weighted by atomic mass is 10.1. The summed E-state index contributed by atoms with van der Waals surface area (Å²) in [6.07, 6.45) is 3.63. The molecule has 2 fully saturated rings. The van der Waals surface area contributed by atoms with Gasteiger partial charge in [0.05, 0.1) is 11.3 Å². The first-order chi connectivity index (χ1) is 9.65. The normalized spacial score (nSPS) is 23.4. The summed E-state index contributed by atoms with van der Waals surface area (Å²) >= 11 is 0. The fourth-order valence-electron chi connectivity index (χ4n) is 3.51. The number of anilines is 1. The molecule has 20 heavy (non-hydrogen) atoms. The van der Waals surface area contributed by atoms with Crippen molar-refractivity contribution in [2.45, 2.75) is 32.2 Å². The van der Waals surface area contributed by atoms with Gasteiger partial charge in [0.2, 0.25) is 0 Å². The van der Waals surface area contributed by atoms with Crippen molar-refractivity contribution in [1.82, 2.24) is 4.90 Å². The van der Waals surface area contributed by atoms with Crippen LogP contribution in [-0.2, 0) is 0 Å². The van der Waals surface area contributed by atoms with Gasteiger partial charge in [0.1, 0.15) is 0 Å². The number of carboxylic acids is 1.